The lowest BCUT2D eigenvalue weighted by Gasteiger charge is -2.21. The first-order chi connectivity index (χ1) is 11.7. The second kappa shape index (κ2) is 6.20. The van der Waals surface area contributed by atoms with Crippen LogP contribution in [0, 0.1) is 0 Å². The average Bonchev–Trinajstić information content (AvgIpc) is 3.16. The van der Waals surface area contributed by atoms with Gasteiger partial charge in [-0.1, -0.05) is 30.3 Å². The summed E-state index contributed by atoms with van der Waals surface area (Å²) in [6.07, 6.45) is 5.06. The first kappa shape index (κ1) is 15.1. The standard InChI is InChI=1S/C18H17N3O2S/c22-18(23)13(9-11-5-2-1-3-6-11)21-16-15-12-7-4-8-14(12)24-17(15)20-10-19-16/h1-3,5-6,10,13H,4,7-9H2,(H,22,23)(H,19,20,21)/p-1/t13-/m0/s1. The molecule has 1 aliphatic rings. The SMILES string of the molecule is O=C([O-])[C@H](Cc1ccccc1)Nc1ncnc2sc3c(c12)CCC3. The molecule has 0 aliphatic heterocycles. The Morgan fingerprint density at radius 1 is 1.25 bits per heavy atom. The number of hydrogen-bond donors (Lipinski definition) is 1. The van der Waals surface area contributed by atoms with Gasteiger partial charge in [-0.3, -0.25) is 0 Å². The largest absolute Gasteiger partial charge is 0.548 e. The normalized spacial score (nSPS) is 14.5. The highest BCUT2D eigenvalue weighted by molar-refractivity contribution is 7.19. The zero-order chi connectivity index (χ0) is 16.5. The number of carboxylic acid groups (broad SMARTS) is 1. The van der Waals surface area contributed by atoms with E-state index in [2.05, 4.69) is 15.3 Å². The smallest absolute Gasteiger partial charge is 0.138 e. The number of hydrogen-bond acceptors (Lipinski definition) is 6. The van der Waals surface area contributed by atoms with Crippen molar-refractivity contribution in [3.05, 3.63) is 52.7 Å². The molecule has 24 heavy (non-hydrogen) atoms. The topological polar surface area (TPSA) is 77.9 Å². The maximum absolute atomic E-state index is 11.6. The zero-order valence-corrected chi connectivity index (χ0v) is 13.8. The molecule has 0 saturated carbocycles. The first-order valence-corrected chi connectivity index (χ1v) is 8.80. The van der Waals surface area contributed by atoms with Gasteiger partial charge < -0.3 is 15.2 Å². The van der Waals surface area contributed by atoms with Crippen molar-refractivity contribution < 1.29 is 9.90 Å². The number of nitrogens with one attached hydrogen (secondary N) is 1. The van der Waals surface area contributed by atoms with Crippen molar-refractivity contribution in [3.63, 3.8) is 0 Å². The molecule has 3 aromatic rings. The van der Waals surface area contributed by atoms with E-state index in [1.807, 2.05) is 30.3 Å². The van der Waals surface area contributed by atoms with E-state index in [1.165, 1.54) is 16.8 Å². The Labute approximate surface area is 143 Å². The first-order valence-electron chi connectivity index (χ1n) is 7.99. The van der Waals surface area contributed by atoms with E-state index in [0.717, 1.165) is 35.0 Å². The number of fused-ring (bicyclic) bond motifs is 3. The van der Waals surface area contributed by atoms with Crippen LogP contribution in [0.5, 0.6) is 0 Å². The van der Waals surface area contributed by atoms with Crippen molar-refractivity contribution in [1.29, 1.82) is 0 Å². The third-order valence-corrected chi connectivity index (χ3v) is 5.58. The molecule has 1 aromatic carbocycles. The van der Waals surface area contributed by atoms with Crippen LogP contribution in [-0.2, 0) is 24.1 Å². The summed E-state index contributed by atoms with van der Waals surface area (Å²) in [5.41, 5.74) is 2.22. The van der Waals surface area contributed by atoms with Gasteiger partial charge in [0.1, 0.15) is 17.0 Å². The quantitative estimate of drug-likeness (QED) is 0.769. The lowest BCUT2D eigenvalue weighted by molar-refractivity contribution is -0.306. The number of benzene rings is 1. The fraction of sp³-hybridized carbons (Fsp3) is 0.278. The number of carboxylic acids is 1. The number of carbonyl (C=O) groups is 1. The van der Waals surface area contributed by atoms with Crippen molar-refractivity contribution in [1.82, 2.24) is 9.97 Å². The van der Waals surface area contributed by atoms with Crippen LogP contribution in [0.2, 0.25) is 0 Å². The number of anilines is 1. The summed E-state index contributed by atoms with van der Waals surface area (Å²) in [5.74, 6) is -0.526. The summed E-state index contributed by atoms with van der Waals surface area (Å²) >= 11 is 1.69. The van der Waals surface area contributed by atoms with Crippen LogP contribution in [0.25, 0.3) is 10.2 Å². The predicted octanol–water partition coefficient (Wildman–Crippen LogP) is 1.95. The third kappa shape index (κ3) is 2.73. The van der Waals surface area contributed by atoms with Gasteiger partial charge in [-0.25, -0.2) is 9.97 Å². The molecule has 122 valence electrons. The number of aromatic nitrogens is 2. The fourth-order valence-electron chi connectivity index (χ4n) is 3.25. The van der Waals surface area contributed by atoms with E-state index in [1.54, 1.807) is 11.3 Å². The van der Waals surface area contributed by atoms with Gasteiger partial charge in [-0.2, -0.15) is 0 Å². The maximum atomic E-state index is 11.6. The van der Waals surface area contributed by atoms with E-state index in [0.29, 0.717) is 12.2 Å². The maximum Gasteiger partial charge on any atom is 0.138 e. The number of rotatable bonds is 5. The monoisotopic (exact) mass is 338 g/mol. The van der Waals surface area contributed by atoms with Gasteiger partial charge in [0.2, 0.25) is 0 Å². The van der Waals surface area contributed by atoms with Crippen molar-refractivity contribution in [2.45, 2.75) is 31.7 Å². The summed E-state index contributed by atoms with van der Waals surface area (Å²) < 4.78 is 0. The van der Waals surface area contributed by atoms with Crippen molar-refractivity contribution >= 4 is 33.3 Å². The van der Waals surface area contributed by atoms with Gasteiger partial charge in [0.05, 0.1) is 17.4 Å². The number of thiophene rings is 1. The molecule has 5 nitrogen and oxygen atoms in total. The second-order valence-electron chi connectivity index (χ2n) is 5.97. The van der Waals surface area contributed by atoms with Gasteiger partial charge in [0.15, 0.2) is 0 Å². The molecule has 0 unspecified atom stereocenters. The predicted molar refractivity (Wildman–Crippen MR) is 92.0 cm³/mol. The van der Waals surface area contributed by atoms with Gasteiger partial charge >= 0.3 is 0 Å². The molecule has 2 aromatic heterocycles. The van der Waals surface area contributed by atoms with Crippen molar-refractivity contribution in [3.8, 4) is 0 Å². The number of aryl methyl sites for hydroxylation is 2. The van der Waals surface area contributed by atoms with E-state index in [9.17, 15) is 9.90 Å². The van der Waals surface area contributed by atoms with Crippen LogP contribution in [0.3, 0.4) is 0 Å². The highest BCUT2D eigenvalue weighted by atomic mass is 32.1. The Balaban J connectivity index is 1.68. The molecule has 4 rings (SSSR count). The zero-order valence-electron chi connectivity index (χ0n) is 13.0. The minimum Gasteiger partial charge on any atom is -0.548 e. The van der Waals surface area contributed by atoms with E-state index in [4.69, 9.17) is 0 Å². The molecular weight excluding hydrogens is 322 g/mol. The van der Waals surface area contributed by atoms with Crippen LogP contribution in [0.1, 0.15) is 22.4 Å². The van der Waals surface area contributed by atoms with E-state index in [-0.39, 0.29) is 0 Å². The highest BCUT2D eigenvalue weighted by Crippen LogP contribution is 2.39. The van der Waals surface area contributed by atoms with Crippen LogP contribution in [0.4, 0.5) is 5.82 Å². The van der Waals surface area contributed by atoms with Crippen molar-refractivity contribution in [2.75, 3.05) is 5.32 Å². The van der Waals surface area contributed by atoms with Crippen LogP contribution >= 0.6 is 11.3 Å². The van der Waals surface area contributed by atoms with Crippen molar-refractivity contribution in [2.24, 2.45) is 0 Å². The number of carbonyl (C=O) groups excluding carboxylic acids is 1. The Morgan fingerprint density at radius 3 is 2.88 bits per heavy atom. The fourth-order valence-corrected chi connectivity index (χ4v) is 4.48. The molecule has 1 aliphatic carbocycles. The molecule has 0 saturated heterocycles. The average molecular weight is 338 g/mol. The summed E-state index contributed by atoms with van der Waals surface area (Å²) in [4.78, 5) is 22.5. The third-order valence-electron chi connectivity index (χ3n) is 4.38. The molecule has 2 heterocycles. The Bertz CT molecular complexity index is 892. The van der Waals surface area contributed by atoms with Crippen LogP contribution in [-0.4, -0.2) is 22.0 Å². The molecule has 0 spiro atoms. The number of aliphatic carboxylic acids is 1. The lowest BCUT2D eigenvalue weighted by atomic mass is 10.1. The van der Waals surface area contributed by atoms with Crippen LogP contribution in [0.15, 0.2) is 36.7 Å². The number of nitrogens with zero attached hydrogens (tertiary/aromatic N) is 2. The molecule has 1 atom stereocenters. The molecular formula is C18H16N3O2S-. The van der Waals surface area contributed by atoms with Gasteiger partial charge in [0, 0.05) is 4.88 Å². The molecule has 0 radical (unpaired) electrons. The highest BCUT2D eigenvalue weighted by Gasteiger charge is 2.22. The molecule has 6 heteroatoms. The minimum atomic E-state index is -1.13. The van der Waals surface area contributed by atoms with Gasteiger partial charge in [-0.05, 0) is 36.8 Å². The summed E-state index contributed by atoms with van der Waals surface area (Å²) in [6, 6.07) is 8.70. The summed E-state index contributed by atoms with van der Waals surface area (Å²) in [7, 11) is 0. The molecule has 0 bridgehead atoms. The molecule has 0 amide bonds. The lowest BCUT2D eigenvalue weighted by Crippen LogP contribution is -2.42. The minimum absolute atomic E-state index is 0.348. The van der Waals surface area contributed by atoms with E-state index >= 15 is 0 Å². The van der Waals surface area contributed by atoms with Gasteiger partial charge in [-0.15, -0.1) is 11.3 Å². The second-order valence-corrected chi connectivity index (χ2v) is 7.05. The Kier molecular flexibility index (Phi) is 3.90. The van der Waals surface area contributed by atoms with Crippen LogP contribution < -0.4 is 10.4 Å². The van der Waals surface area contributed by atoms with E-state index < -0.39 is 12.0 Å². The molecule has 0 fully saturated rings. The van der Waals surface area contributed by atoms with Gasteiger partial charge in [0.25, 0.3) is 0 Å². The summed E-state index contributed by atoms with van der Waals surface area (Å²) in [6.45, 7) is 0. The molecule has 1 N–H and O–H groups in total. The Morgan fingerprint density at radius 2 is 2.08 bits per heavy atom. The summed E-state index contributed by atoms with van der Waals surface area (Å²) in [5, 5.41) is 15.7. The Hall–Kier alpha value is -2.47.